The summed E-state index contributed by atoms with van der Waals surface area (Å²) in [5, 5.41) is 4.58. The van der Waals surface area contributed by atoms with Gasteiger partial charge in [-0.3, -0.25) is 9.69 Å². The maximum absolute atomic E-state index is 13.6. The summed E-state index contributed by atoms with van der Waals surface area (Å²) >= 11 is 1.62. The third kappa shape index (κ3) is 5.91. The van der Waals surface area contributed by atoms with Crippen LogP contribution in [0.5, 0.6) is 0 Å². The predicted octanol–water partition coefficient (Wildman–Crippen LogP) is 5.33. The average molecular weight is 477 g/mol. The van der Waals surface area contributed by atoms with E-state index in [4.69, 9.17) is 0 Å². The number of benzene rings is 2. The molecule has 6 heteroatoms. The summed E-state index contributed by atoms with van der Waals surface area (Å²) in [6, 6.07) is 20.0. The quantitative estimate of drug-likeness (QED) is 0.391. The summed E-state index contributed by atoms with van der Waals surface area (Å²) in [6.45, 7) is 12.0. The molecule has 1 saturated heterocycles. The lowest BCUT2D eigenvalue weighted by molar-refractivity contribution is 0.188. The number of aromatic nitrogens is 2. The van der Waals surface area contributed by atoms with Gasteiger partial charge in [-0.15, -0.1) is 11.8 Å². The van der Waals surface area contributed by atoms with Gasteiger partial charge in [0.15, 0.2) is 0 Å². The van der Waals surface area contributed by atoms with Gasteiger partial charge >= 0.3 is 0 Å². The first-order valence-corrected chi connectivity index (χ1v) is 13.4. The van der Waals surface area contributed by atoms with Crippen LogP contribution in [0, 0.1) is 11.8 Å². The van der Waals surface area contributed by atoms with Gasteiger partial charge in [0.25, 0.3) is 5.56 Å². The topological polar surface area (TPSA) is 41.4 Å². The zero-order valence-corrected chi connectivity index (χ0v) is 21.4. The summed E-state index contributed by atoms with van der Waals surface area (Å²) in [4.78, 5) is 19.3. The minimum absolute atomic E-state index is 0.0436. The second-order valence-corrected chi connectivity index (χ2v) is 10.4. The summed E-state index contributed by atoms with van der Waals surface area (Å²) in [5.74, 6) is 2.20. The van der Waals surface area contributed by atoms with E-state index in [1.54, 1.807) is 11.8 Å². The van der Waals surface area contributed by atoms with Crippen LogP contribution in [-0.2, 0) is 5.75 Å². The summed E-state index contributed by atoms with van der Waals surface area (Å²) < 4.78 is 1.53. The molecular formula is C28H36N4OS. The van der Waals surface area contributed by atoms with Crippen LogP contribution < -0.4 is 10.5 Å². The molecule has 0 spiro atoms. The molecule has 1 aliphatic rings. The van der Waals surface area contributed by atoms with Gasteiger partial charge in [0.1, 0.15) is 4.90 Å². The van der Waals surface area contributed by atoms with Gasteiger partial charge < -0.3 is 4.90 Å². The molecule has 1 aromatic heterocycles. The Bertz CT molecular complexity index is 1090. The van der Waals surface area contributed by atoms with Crippen molar-refractivity contribution < 1.29 is 0 Å². The lowest BCUT2D eigenvalue weighted by atomic mass is 9.92. The van der Waals surface area contributed by atoms with Crippen molar-refractivity contribution in [1.82, 2.24) is 14.7 Å². The molecule has 1 unspecified atom stereocenters. The molecule has 3 aromatic rings. The van der Waals surface area contributed by atoms with Crippen LogP contribution in [0.4, 0.5) is 5.69 Å². The monoisotopic (exact) mass is 476 g/mol. The fraction of sp³-hybridized carbons (Fsp3) is 0.429. The van der Waals surface area contributed by atoms with Gasteiger partial charge in [0.2, 0.25) is 0 Å². The number of anilines is 1. The number of thioether (sulfide) groups is 1. The molecule has 34 heavy (non-hydrogen) atoms. The van der Waals surface area contributed by atoms with E-state index < -0.39 is 0 Å². The van der Waals surface area contributed by atoms with Crippen molar-refractivity contribution in [1.29, 1.82) is 0 Å². The third-order valence-electron chi connectivity index (χ3n) is 6.81. The second-order valence-electron chi connectivity index (χ2n) is 9.39. The number of hydrogen-bond acceptors (Lipinski definition) is 5. The molecule has 0 aliphatic carbocycles. The van der Waals surface area contributed by atoms with Crippen LogP contribution in [-0.4, -0.2) is 47.4 Å². The Kier molecular flexibility index (Phi) is 8.46. The standard InChI is InChI=1S/C28H36N4OS/c1-4-24(22(2)3)20-30-15-17-31(18-16-30)26-19-29-32(25-13-9-6-10-14-25)28(33)27(26)34-21-23-11-7-5-8-12-23/h5-14,19,22,24H,4,15-18,20-21H2,1-3H3. The zero-order chi connectivity index (χ0) is 23.9. The molecule has 0 radical (unpaired) electrons. The minimum atomic E-state index is -0.0436. The van der Waals surface area contributed by atoms with Gasteiger partial charge in [-0.25, -0.2) is 0 Å². The summed E-state index contributed by atoms with van der Waals surface area (Å²) in [6.07, 6.45) is 3.11. The van der Waals surface area contributed by atoms with E-state index in [1.165, 1.54) is 16.7 Å². The van der Waals surface area contributed by atoms with E-state index in [1.807, 2.05) is 54.7 Å². The van der Waals surface area contributed by atoms with E-state index in [9.17, 15) is 4.79 Å². The SMILES string of the molecule is CCC(CN1CCN(c2cnn(-c3ccccc3)c(=O)c2SCc2ccccc2)CC1)C(C)C. The first-order chi connectivity index (χ1) is 16.6. The first kappa shape index (κ1) is 24.6. The van der Waals surface area contributed by atoms with Crippen LogP contribution in [0.15, 0.2) is 76.6 Å². The van der Waals surface area contributed by atoms with Gasteiger partial charge in [-0.1, -0.05) is 75.7 Å². The number of rotatable bonds is 9. The average Bonchev–Trinajstić information content (AvgIpc) is 2.87. The lowest BCUT2D eigenvalue weighted by Gasteiger charge is -2.38. The highest BCUT2D eigenvalue weighted by Crippen LogP contribution is 2.30. The molecule has 1 atom stereocenters. The molecule has 0 N–H and O–H groups in total. The molecule has 2 heterocycles. The van der Waals surface area contributed by atoms with E-state index >= 15 is 0 Å². The second kappa shape index (κ2) is 11.7. The van der Waals surface area contributed by atoms with E-state index in [0.29, 0.717) is 5.92 Å². The summed E-state index contributed by atoms with van der Waals surface area (Å²) in [7, 11) is 0. The highest BCUT2D eigenvalue weighted by molar-refractivity contribution is 7.98. The van der Waals surface area contributed by atoms with Gasteiger partial charge in [-0.2, -0.15) is 9.78 Å². The maximum Gasteiger partial charge on any atom is 0.287 e. The van der Waals surface area contributed by atoms with Crippen LogP contribution in [0.2, 0.25) is 0 Å². The predicted molar refractivity (Wildman–Crippen MR) is 143 cm³/mol. The molecule has 0 saturated carbocycles. The van der Waals surface area contributed by atoms with Crippen molar-refractivity contribution in [3.8, 4) is 5.69 Å². The number of piperazine rings is 1. The highest BCUT2D eigenvalue weighted by Gasteiger charge is 2.24. The smallest absolute Gasteiger partial charge is 0.287 e. The van der Waals surface area contributed by atoms with Crippen molar-refractivity contribution in [2.75, 3.05) is 37.6 Å². The highest BCUT2D eigenvalue weighted by atomic mass is 32.2. The Balaban J connectivity index is 1.56. The minimum Gasteiger partial charge on any atom is -0.367 e. The van der Waals surface area contributed by atoms with Crippen molar-refractivity contribution in [3.63, 3.8) is 0 Å². The lowest BCUT2D eigenvalue weighted by Crippen LogP contribution is -2.48. The fourth-order valence-electron chi connectivity index (χ4n) is 4.59. The van der Waals surface area contributed by atoms with Crippen LogP contribution >= 0.6 is 11.8 Å². The molecular weight excluding hydrogens is 440 g/mol. The van der Waals surface area contributed by atoms with Crippen molar-refractivity contribution in [3.05, 3.63) is 82.8 Å². The van der Waals surface area contributed by atoms with Crippen LogP contribution in [0.25, 0.3) is 5.69 Å². The molecule has 0 amide bonds. The molecule has 0 bridgehead atoms. The van der Waals surface area contributed by atoms with Gasteiger partial charge in [0.05, 0.1) is 17.6 Å². The number of hydrogen-bond donors (Lipinski definition) is 0. The Labute approximate surface area is 207 Å². The zero-order valence-electron chi connectivity index (χ0n) is 20.6. The van der Waals surface area contributed by atoms with E-state index in [2.05, 4.69) is 47.8 Å². The largest absolute Gasteiger partial charge is 0.367 e. The Hall–Kier alpha value is -2.57. The molecule has 5 nitrogen and oxygen atoms in total. The Morgan fingerprint density at radius 1 is 0.941 bits per heavy atom. The van der Waals surface area contributed by atoms with Crippen LogP contribution in [0.1, 0.15) is 32.8 Å². The maximum atomic E-state index is 13.6. The fourth-order valence-corrected chi connectivity index (χ4v) is 5.63. The molecule has 180 valence electrons. The number of nitrogens with zero attached hydrogens (tertiary/aromatic N) is 4. The van der Waals surface area contributed by atoms with Crippen molar-refractivity contribution in [2.45, 2.75) is 37.8 Å². The Morgan fingerprint density at radius 3 is 2.21 bits per heavy atom. The van der Waals surface area contributed by atoms with Gasteiger partial charge in [0, 0.05) is 38.5 Å². The van der Waals surface area contributed by atoms with Gasteiger partial charge in [-0.05, 0) is 29.5 Å². The Morgan fingerprint density at radius 2 is 1.59 bits per heavy atom. The van der Waals surface area contributed by atoms with E-state index in [0.717, 1.165) is 60.7 Å². The van der Waals surface area contributed by atoms with Crippen LogP contribution in [0.3, 0.4) is 0 Å². The summed E-state index contributed by atoms with van der Waals surface area (Å²) in [5.41, 5.74) is 2.93. The first-order valence-electron chi connectivity index (χ1n) is 12.4. The third-order valence-corrected chi connectivity index (χ3v) is 7.96. The molecule has 4 rings (SSSR count). The van der Waals surface area contributed by atoms with Crippen molar-refractivity contribution in [2.24, 2.45) is 11.8 Å². The molecule has 1 aliphatic heterocycles. The van der Waals surface area contributed by atoms with Crippen molar-refractivity contribution >= 4 is 17.4 Å². The molecule has 2 aromatic carbocycles. The molecule has 1 fully saturated rings. The normalized spacial score (nSPS) is 15.6. The van der Waals surface area contributed by atoms with E-state index in [-0.39, 0.29) is 5.56 Å². The number of para-hydroxylation sites is 1.